The minimum atomic E-state index is 0.345. The number of pyridine rings is 1. The van der Waals surface area contributed by atoms with E-state index in [0.717, 1.165) is 22.5 Å². The fourth-order valence-corrected chi connectivity index (χ4v) is 1.95. The van der Waals surface area contributed by atoms with E-state index in [1.807, 2.05) is 24.3 Å². The smallest absolute Gasteiger partial charge is 0.106 e. The molecule has 0 aliphatic heterocycles. The largest absolute Gasteiger partial charge is 0.389 e. The summed E-state index contributed by atoms with van der Waals surface area (Å²) in [4.78, 5) is 4.43. The number of thiocarbonyl (C=S) groups is 1. The van der Waals surface area contributed by atoms with E-state index < -0.39 is 0 Å². The first-order valence-electron chi connectivity index (χ1n) is 5.79. The van der Waals surface area contributed by atoms with E-state index in [9.17, 15) is 0 Å². The second-order valence-electron chi connectivity index (χ2n) is 4.04. The molecular weight excluding hydrogens is 258 g/mol. The molecule has 0 unspecified atom stereocenters. The molecule has 0 aliphatic carbocycles. The van der Waals surface area contributed by atoms with Crippen LogP contribution in [-0.2, 0) is 11.3 Å². The molecule has 0 radical (unpaired) electrons. The number of benzene rings is 1. The highest BCUT2D eigenvalue weighted by molar-refractivity contribution is 7.80. The van der Waals surface area contributed by atoms with Crippen LogP contribution in [0.3, 0.4) is 0 Å². The van der Waals surface area contributed by atoms with Crippen LogP contribution >= 0.6 is 12.2 Å². The third-order valence-electron chi connectivity index (χ3n) is 2.60. The zero-order valence-corrected chi connectivity index (χ0v) is 11.4. The second-order valence-corrected chi connectivity index (χ2v) is 4.48. The molecule has 1 heterocycles. The van der Waals surface area contributed by atoms with Gasteiger partial charge < -0.3 is 15.8 Å². The van der Waals surface area contributed by atoms with Crippen LogP contribution in [0.4, 0.5) is 11.4 Å². The molecule has 0 fully saturated rings. The van der Waals surface area contributed by atoms with Gasteiger partial charge in [-0.3, -0.25) is 4.98 Å². The number of nitrogens with zero attached hydrogens (tertiary/aromatic N) is 1. The fourth-order valence-electron chi connectivity index (χ4n) is 1.77. The highest BCUT2D eigenvalue weighted by atomic mass is 32.1. The van der Waals surface area contributed by atoms with Gasteiger partial charge in [-0.2, -0.15) is 0 Å². The molecule has 1 aromatic heterocycles. The molecule has 3 N–H and O–H groups in total. The standard InChI is InChI=1S/C14H15N3OS/c1-18-9-10-3-2-4-11(7-10)17-13-8-16-6-5-12(13)14(15)19/h2-8,17H,9H2,1H3,(H2,15,19). The first-order valence-corrected chi connectivity index (χ1v) is 6.20. The molecule has 0 saturated heterocycles. The first-order chi connectivity index (χ1) is 9.20. The zero-order valence-electron chi connectivity index (χ0n) is 10.6. The van der Waals surface area contributed by atoms with Gasteiger partial charge in [-0.05, 0) is 23.8 Å². The Hall–Kier alpha value is -1.98. The van der Waals surface area contributed by atoms with Gasteiger partial charge in [-0.25, -0.2) is 0 Å². The Morgan fingerprint density at radius 3 is 3.00 bits per heavy atom. The normalized spacial score (nSPS) is 10.2. The van der Waals surface area contributed by atoms with Crippen LogP contribution in [0.1, 0.15) is 11.1 Å². The van der Waals surface area contributed by atoms with Crippen LogP contribution in [0, 0.1) is 0 Å². The van der Waals surface area contributed by atoms with Gasteiger partial charge in [-0.15, -0.1) is 0 Å². The van der Waals surface area contributed by atoms with E-state index in [4.69, 9.17) is 22.7 Å². The molecule has 19 heavy (non-hydrogen) atoms. The highest BCUT2D eigenvalue weighted by Crippen LogP contribution is 2.20. The van der Waals surface area contributed by atoms with Crippen molar-refractivity contribution in [1.82, 2.24) is 4.98 Å². The van der Waals surface area contributed by atoms with Gasteiger partial charge in [0, 0.05) is 24.6 Å². The van der Waals surface area contributed by atoms with Crippen molar-refractivity contribution in [2.45, 2.75) is 6.61 Å². The van der Waals surface area contributed by atoms with Crippen molar-refractivity contribution in [3.8, 4) is 0 Å². The molecule has 0 atom stereocenters. The SMILES string of the molecule is COCc1cccc(Nc2cnccc2C(N)=S)c1. The molecule has 2 aromatic rings. The summed E-state index contributed by atoms with van der Waals surface area (Å²) >= 11 is 5.02. The van der Waals surface area contributed by atoms with E-state index >= 15 is 0 Å². The molecule has 0 saturated carbocycles. The lowest BCUT2D eigenvalue weighted by Crippen LogP contribution is -2.12. The van der Waals surface area contributed by atoms with Gasteiger partial charge in [0.15, 0.2) is 0 Å². The van der Waals surface area contributed by atoms with Gasteiger partial charge in [0.05, 0.1) is 18.5 Å². The number of ether oxygens (including phenoxy) is 1. The molecule has 2 rings (SSSR count). The Bertz CT molecular complexity index is 586. The van der Waals surface area contributed by atoms with E-state index in [1.54, 1.807) is 25.6 Å². The van der Waals surface area contributed by atoms with Crippen LogP contribution in [0.25, 0.3) is 0 Å². The number of nitrogens with two attached hydrogens (primary N) is 1. The summed E-state index contributed by atoms with van der Waals surface area (Å²) in [6.45, 7) is 0.574. The number of hydrogen-bond donors (Lipinski definition) is 2. The maximum absolute atomic E-state index is 5.69. The minimum absolute atomic E-state index is 0.345. The van der Waals surface area contributed by atoms with Crippen molar-refractivity contribution in [3.05, 3.63) is 53.9 Å². The van der Waals surface area contributed by atoms with Crippen molar-refractivity contribution in [1.29, 1.82) is 0 Å². The van der Waals surface area contributed by atoms with Crippen molar-refractivity contribution in [3.63, 3.8) is 0 Å². The van der Waals surface area contributed by atoms with Crippen molar-refractivity contribution in [2.24, 2.45) is 5.73 Å². The van der Waals surface area contributed by atoms with Crippen LogP contribution in [-0.4, -0.2) is 17.1 Å². The predicted molar refractivity (Wildman–Crippen MR) is 80.6 cm³/mol. The quantitative estimate of drug-likeness (QED) is 0.820. The van der Waals surface area contributed by atoms with Gasteiger partial charge >= 0.3 is 0 Å². The van der Waals surface area contributed by atoms with Gasteiger partial charge in [-0.1, -0.05) is 24.4 Å². The van der Waals surface area contributed by atoms with Crippen LogP contribution in [0.5, 0.6) is 0 Å². The number of nitrogens with one attached hydrogen (secondary N) is 1. The Kier molecular flexibility index (Phi) is 4.43. The molecular formula is C14H15N3OS. The summed E-state index contributed by atoms with van der Waals surface area (Å²) in [5.74, 6) is 0. The van der Waals surface area contributed by atoms with Gasteiger partial charge in [0.2, 0.25) is 0 Å². The maximum Gasteiger partial charge on any atom is 0.106 e. The van der Waals surface area contributed by atoms with Crippen molar-refractivity contribution >= 4 is 28.6 Å². The summed E-state index contributed by atoms with van der Waals surface area (Å²) in [6.07, 6.45) is 3.37. The van der Waals surface area contributed by atoms with Crippen molar-refractivity contribution in [2.75, 3.05) is 12.4 Å². The highest BCUT2D eigenvalue weighted by Gasteiger charge is 2.05. The number of anilines is 2. The maximum atomic E-state index is 5.69. The summed E-state index contributed by atoms with van der Waals surface area (Å²) in [5, 5.41) is 3.27. The lowest BCUT2D eigenvalue weighted by molar-refractivity contribution is 0.185. The van der Waals surface area contributed by atoms with Crippen LogP contribution in [0.15, 0.2) is 42.7 Å². The lowest BCUT2D eigenvalue weighted by Gasteiger charge is -2.11. The average Bonchev–Trinajstić information content (AvgIpc) is 2.40. The molecule has 0 spiro atoms. The molecule has 5 heteroatoms. The molecule has 0 amide bonds. The fraction of sp³-hybridized carbons (Fsp3) is 0.143. The summed E-state index contributed by atoms with van der Waals surface area (Å²) < 4.78 is 5.11. The number of hydrogen-bond acceptors (Lipinski definition) is 4. The van der Waals surface area contributed by atoms with Crippen LogP contribution in [0.2, 0.25) is 0 Å². The monoisotopic (exact) mass is 273 g/mol. The molecule has 4 nitrogen and oxygen atoms in total. The number of methoxy groups -OCH3 is 1. The Balaban J connectivity index is 2.26. The molecule has 0 bridgehead atoms. The van der Waals surface area contributed by atoms with Crippen molar-refractivity contribution < 1.29 is 4.74 Å². The van der Waals surface area contributed by atoms with E-state index in [0.29, 0.717) is 11.6 Å². The number of aromatic nitrogens is 1. The predicted octanol–water partition coefficient (Wildman–Crippen LogP) is 2.61. The average molecular weight is 273 g/mol. The summed E-state index contributed by atoms with van der Waals surface area (Å²) in [5.41, 5.74) is 9.30. The number of rotatable bonds is 5. The van der Waals surface area contributed by atoms with Crippen LogP contribution < -0.4 is 11.1 Å². The minimum Gasteiger partial charge on any atom is -0.389 e. The molecule has 98 valence electrons. The Morgan fingerprint density at radius 2 is 2.26 bits per heavy atom. The third-order valence-corrected chi connectivity index (χ3v) is 2.82. The Labute approximate surface area is 117 Å². The van der Waals surface area contributed by atoms with E-state index in [2.05, 4.69) is 10.3 Å². The summed E-state index contributed by atoms with van der Waals surface area (Å²) in [7, 11) is 1.67. The summed E-state index contributed by atoms with van der Waals surface area (Å²) in [6, 6.07) is 9.75. The van der Waals surface area contributed by atoms with E-state index in [-0.39, 0.29) is 0 Å². The Morgan fingerprint density at radius 1 is 1.42 bits per heavy atom. The van der Waals surface area contributed by atoms with Gasteiger partial charge in [0.1, 0.15) is 4.99 Å². The molecule has 1 aromatic carbocycles. The van der Waals surface area contributed by atoms with Gasteiger partial charge in [0.25, 0.3) is 0 Å². The lowest BCUT2D eigenvalue weighted by atomic mass is 10.2. The first kappa shape index (κ1) is 13.5. The van der Waals surface area contributed by atoms with E-state index in [1.165, 1.54) is 0 Å². The zero-order chi connectivity index (χ0) is 13.7. The molecule has 0 aliphatic rings. The second kappa shape index (κ2) is 6.26. The third kappa shape index (κ3) is 3.49. The topological polar surface area (TPSA) is 60.2 Å².